The molecule has 0 aromatic carbocycles. The van der Waals surface area contributed by atoms with Gasteiger partial charge in [-0.1, -0.05) is 16.9 Å². The fraction of sp³-hybridized carbons (Fsp3) is 0.333. The molecule has 2 aromatic rings. The predicted octanol–water partition coefficient (Wildman–Crippen LogP) is 2.99. The van der Waals surface area contributed by atoms with Gasteiger partial charge in [0.1, 0.15) is 16.9 Å². The van der Waals surface area contributed by atoms with Crippen LogP contribution >= 0.6 is 11.8 Å². The molecule has 0 radical (unpaired) electrons. The third kappa shape index (κ3) is 3.65. The first-order valence-electron chi connectivity index (χ1n) is 6.70. The van der Waals surface area contributed by atoms with E-state index in [2.05, 4.69) is 21.5 Å². The smallest absolute Gasteiger partial charge is 0.238 e. The van der Waals surface area contributed by atoms with E-state index in [1.165, 1.54) is 11.8 Å². The number of anilines is 1. The van der Waals surface area contributed by atoms with Gasteiger partial charge < -0.3 is 9.84 Å². The molecule has 0 saturated carbocycles. The third-order valence-electron chi connectivity index (χ3n) is 2.96. The average Bonchev–Trinajstić information content (AvgIpc) is 2.83. The number of hydrogen-bond donors (Lipinski definition) is 1. The summed E-state index contributed by atoms with van der Waals surface area (Å²) >= 11 is 1.25. The second kappa shape index (κ2) is 6.62. The van der Waals surface area contributed by atoms with E-state index in [4.69, 9.17) is 4.52 Å². The van der Waals surface area contributed by atoms with Crippen LogP contribution in [0, 0.1) is 32.1 Å². The summed E-state index contributed by atoms with van der Waals surface area (Å²) in [6.45, 7) is 7.23. The van der Waals surface area contributed by atoms with Crippen LogP contribution < -0.4 is 5.32 Å². The molecule has 22 heavy (non-hydrogen) atoms. The van der Waals surface area contributed by atoms with E-state index in [9.17, 15) is 10.1 Å². The summed E-state index contributed by atoms with van der Waals surface area (Å²) in [6, 6.07) is 5.64. The first-order chi connectivity index (χ1) is 10.4. The Bertz CT molecular complexity index is 748. The summed E-state index contributed by atoms with van der Waals surface area (Å²) in [7, 11) is 0. The van der Waals surface area contributed by atoms with Crippen LogP contribution in [0.25, 0.3) is 0 Å². The van der Waals surface area contributed by atoms with E-state index in [0.29, 0.717) is 22.2 Å². The molecule has 0 aliphatic rings. The molecule has 2 heterocycles. The van der Waals surface area contributed by atoms with Gasteiger partial charge in [0.15, 0.2) is 5.82 Å². The number of amides is 1. The normalized spacial score (nSPS) is 11.8. The van der Waals surface area contributed by atoms with Gasteiger partial charge in [-0.15, -0.1) is 0 Å². The van der Waals surface area contributed by atoms with Crippen LogP contribution in [-0.2, 0) is 4.79 Å². The van der Waals surface area contributed by atoms with E-state index in [-0.39, 0.29) is 5.91 Å². The lowest BCUT2D eigenvalue weighted by atomic mass is 10.1. The van der Waals surface area contributed by atoms with Crippen molar-refractivity contribution in [1.82, 2.24) is 10.1 Å². The number of aryl methyl sites for hydroxylation is 3. The Morgan fingerprint density at radius 1 is 1.41 bits per heavy atom. The summed E-state index contributed by atoms with van der Waals surface area (Å²) in [5.74, 6) is 0.783. The number of nitrogens with one attached hydrogen (secondary N) is 1. The molecule has 0 fully saturated rings. The number of hydrogen-bond acceptors (Lipinski definition) is 6. The van der Waals surface area contributed by atoms with Crippen LogP contribution in [0.1, 0.15) is 29.5 Å². The van der Waals surface area contributed by atoms with Crippen molar-refractivity contribution in [3.05, 3.63) is 34.7 Å². The van der Waals surface area contributed by atoms with Crippen molar-refractivity contribution in [3.63, 3.8) is 0 Å². The SMILES string of the molecule is Cc1cc(C)c(C#N)c(S[C@H](C)C(=O)Nc2cc(C)on2)n1. The molecule has 2 rings (SSSR count). The summed E-state index contributed by atoms with van der Waals surface area (Å²) in [5.41, 5.74) is 2.18. The standard InChI is InChI=1S/C15H16N4O2S/c1-8-5-9(2)17-15(12(8)7-16)22-11(4)14(20)18-13-6-10(3)21-19-13/h5-6,11H,1-4H3,(H,18,19,20)/t11-/m1/s1. The molecular formula is C15H16N4O2S. The Balaban J connectivity index is 2.13. The highest BCUT2D eigenvalue weighted by atomic mass is 32.2. The van der Waals surface area contributed by atoms with Gasteiger partial charge in [0, 0.05) is 11.8 Å². The number of aromatic nitrogens is 2. The molecular weight excluding hydrogens is 300 g/mol. The zero-order valence-corrected chi connectivity index (χ0v) is 13.6. The molecule has 0 bridgehead atoms. The van der Waals surface area contributed by atoms with Gasteiger partial charge in [-0.25, -0.2) is 4.98 Å². The van der Waals surface area contributed by atoms with Crippen LogP contribution in [0.4, 0.5) is 5.82 Å². The van der Waals surface area contributed by atoms with Crippen LogP contribution in [-0.4, -0.2) is 21.3 Å². The lowest BCUT2D eigenvalue weighted by molar-refractivity contribution is -0.115. The highest BCUT2D eigenvalue weighted by Crippen LogP contribution is 2.27. The monoisotopic (exact) mass is 316 g/mol. The fourth-order valence-corrected chi connectivity index (χ4v) is 2.92. The molecule has 0 saturated heterocycles. The van der Waals surface area contributed by atoms with Crippen molar-refractivity contribution in [2.45, 2.75) is 38.0 Å². The minimum Gasteiger partial charge on any atom is -0.360 e. The number of rotatable bonds is 4. The third-order valence-corrected chi connectivity index (χ3v) is 4.05. The first kappa shape index (κ1) is 16.0. The molecule has 1 atom stereocenters. The Hall–Kier alpha value is -2.33. The number of carbonyl (C=O) groups is 1. The van der Waals surface area contributed by atoms with E-state index in [0.717, 1.165) is 11.3 Å². The Kier molecular flexibility index (Phi) is 4.83. The van der Waals surface area contributed by atoms with Crippen LogP contribution in [0.5, 0.6) is 0 Å². The minimum absolute atomic E-state index is 0.219. The summed E-state index contributed by atoms with van der Waals surface area (Å²) in [4.78, 5) is 16.5. The molecule has 2 aromatic heterocycles. The molecule has 114 valence electrons. The molecule has 1 amide bonds. The molecule has 7 heteroatoms. The lowest BCUT2D eigenvalue weighted by Crippen LogP contribution is -2.22. The number of pyridine rings is 1. The summed E-state index contributed by atoms with van der Waals surface area (Å²) in [5, 5.41) is 15.8. The molecule has 0 aliphatic carbocycles. The maximum absolute atomic E-state index is 12.2. The number of nitrogens with zero attached hydrogens (tertiary/aromatic N) is 3. The van der Waals surface area contributed by atoms with E-state index < -0.39 is 5.25 Å². The number of nitriles is 1. The molecule has 6 nitrogen and oxygen atoms in total. The zero-order chi connectivity index (χ0) is 16.3. The van der Waals surface area contributed by atoms with Crippen LogP contribution in [0.3, 0.4) is 0 Å². The quantitative estimate of drug-likeness (QED) is 0.872. The highest BCUT2D eigenvalue weighted by Gasteiger charge is 2.19. The van der Waals surface area contributed by atoms with Crippen molar-refractivity contribution in [2.75, 3.05) is 5.32 Å². The van der Waals surface area contributed by atoms with E-state index in [1.54, 1.807) is 19.9 Å². The fourth-order valence-electron chi connectivity index (χ4n) is 1.90. The van der Waals surface area contributed by atoms with Crippen molar-refractivity contribution in [1.29, 1.82) is 5.26 Å². The van der Waals surface area contributed by atoms with Gasteiger partial charge in [-0.3, -0.25) is 4.79 Å². The summed E-state index contributed by atoms with van der Waals surface area (Å²) < 4.78 is 4.90. The predicted molar refractivity (Wildman–Crippen MR) is 83.6 cm³/mol. The van der Waals surface area contributed by atoms with Crippen LogP contribution in [0.15, 0.2) is 21.7 Å². The topological polar surface area (TPSA) is 91.8 Å². The van der Waals surface area contributed by atoms with E-state index >= 15 is 0 Å². The van der Waals surface area contributed by atoms with Crippen LogP contribution in [0.2, 0.25) is 0 Å². The molecule has 0 unspecified atom stereocenters. The first-order valence-corrected chi connectivity index (χ1v) is 7.58. The Morgan fingerprint density at radius 2 is 2.14 bits per heavy atom. The molecule has 0 spiro atoms. The van der Waals surface area contributed by atoms with Gasteiger partial charge in [-0.2, -0.15) is 5.26 Å². The highest BCUT2D eigenvalue weighted by molar-refractivity contribution is 8.00. The maximum Gasteiger partial charge on any atom is 0.238 e. The molecule has 1 N–H and O–H groups in total. The van der Waals surface area contributed by atoms with E-state index in [1.807, 2.05) is 19.9 Å². The van der Waals surface area contributed by atoms with Crippen molar-refractivity contribution < 1.29 is 9.32 Å². The number of carbonyl (C=O) groups excluding carboxylic acids is 1. The number of thioether (sulfide) groups is 1. The van der Waals surface area contributed by atoms with Gasteiger partial charge in [0.05, 0.1) is 10.8 Å². The van der Waals surface area contributed by atoms with Gasteiger partial charge in [0.2, 0.25) is 5.91 Å². The second-order valence-corrected chi connectivity index (χ2v) is 6.27. The maximum atomic E-state index is 12.2. The zero-order valence-electron chi connectivity index (χ0n) is 12.8. The average molecular weight is 316 g/mol. The lowest BCUT2D eigenvalue weighted by Gasteiger charge is -2.12. The van der Waals surface area contributed by atoms with Gasteiger partial charge in [-0.05, 0) is 39.3 Å². The van der Waals surface area contributed by atoms with Crippen molar-refractivity contribution in [2.24, 2.45) is 0 Å². The second-order valence-electron chi connectivity index (χ2n) is 4.94. The van der Waals surface area contributed by atoms with Crippen molar-refractivity contribution in [3.8, 4) is 6.07 Å². The van der Waals surface area contributed by atoms with Gasteiger partial charge >= 0.3 is 0 Å². The van der Waals surface area contributed by atoms with Crippen molar-refractivity contribution >= 4 is 23.5 Å². The largest absolute Gasteiger partial charge is 0.360 e. The Labute approximate surface area is 132 Å². The molecule has 0 aliphatic heterocycles. The minimum atomic E-state index is -0.419. The Morgan fingerprint density at radius 3 is 2.73 bits per heavy atom. The summed E-state index contributed by atoms with van der Waals surface area (Å²) in [6.07, 6.45) is 0. The van der Waals surface area contributed by atoms with Gasteiger partial charge in [0.25, 0.3) is 0 Å².